The van der Waals surface area contributed by atoms with Crippen molar-refractivity contribution in [3.05, 3.63) is 69.7 Å². The first kappa shape index (κ1) is 31.5. The van der Waals surface area contributed by atoms with Gasteiger partial charge in [-0.15, -0.1) is 0 Å². The topological polar surface area (TPSA) is 46.2 Å². The van der Waals surface area contributed by atoms with Crippen LogP contribution in [0.3, 0.4) is 0 Å². The molecule has 39 heavy (non-hydrogen) atoms. The predicted molar refractivity (Wildman–Crippen MR) is 164 cm³/mol. The monoisotopic (exact) mass is 592 g/mol. The van der Waals surface area contributed by atoms with Crippen LogP contribution in [-0.2, 0) is 20.3 Å². The number of hydrogen-bond acceptors (Lipinski definition) is 5. The van der Waals surface area contributed by atoms with Crippen LogP contribution in [0.5, 0.6) is 17.2 Å². The maximum atomic E-state index is 6.83. The summed E-state index contributed by atoms with van der Waals surface area (Å²) >= 11 is 13.7. The summed E-state index contributed by atoms with van der Waals surface area (Å²) in [4.78, 5) is 0. The van der Waals surface area contributed by atoms with Crippen LogP contribution < -0.4 is 30.1 Å². The van der Waals surface area contributed by atoms with Gasteiger partial charge in [0.15, 0.2) is 13.6 Å². The third-order valence-electron chi connectivity index (χ3n) is 6.13. The summed E-state index contributed by atoms with van der Waals surface area (Å²) in [5.74, 6) is 2.19. The Hall–Kier alpha value is -2.01. The minimum absolute atomic E-state index is 0.0859. The fourth-order valence-corrected chi connectivity index (χ4v) is 7.65. The van der Waals surface area contributed by atoms with Gasteiger partial charge in [0.2, 0.25) is 0 Å². The molecule has 0 atom stereocenters. The van der Waals surface area contributed by atoms with Crippen molar-refractivity contribution >= 4 is 47.0 Å². The lowest BCUT2D eigenvalue weighted by molar-refractivity contribution is 0.0506. The highest BCUT2D eigenvalue weighted by molar-refractivity contribution is 7.80. The van der Waals surface area contributed by atoms with E-state index in [0.717, 1.165) is 44.3 Å². The summed E-state index contributed by atoms with van der Waals surface area (Å²) in [7, 11) is 3.53. The van der Waals surface area contributed by atoms with Crippen LogP contribution in [0.4, 0.5) is 0 Å². The summed E-state index contributed by atoms with van der Waals surface area (Å²) in [6.07, 6.45) is 0. The van der Waals surface area contributed by atoms with Crippen molar-refractivity contribution in [3.63, 3.8) is 0 Å². The normalized spacial score (nSPS) is 12.1. The molecule has 0 aromatic heterocycles. The molecule has 8 heteroatoms. The highest BCUT2D eigenvalue weighted by atomic mass is 35.5. The van der Waals surface area contributed by atoms with Gasteiger partial charge in [-0.25, -0.2) is 0 Å². The van der Waals surface area contributed by atoms with Crippen LogP contribution in [0, 0.1) is 0 Å². The molecule has 0 amide bonds. The standard InChI is InChI=1S/C31H39Cl2O5P/c1-30(2,3)22-14-20(32)16-26(28(22)37-18-34-7)39(25-13-11-10-12-24(25)36-9)27-17-21(33)15-23(31(4,5)6)29(27)38-19-35-8/h10-17H,18-19H2,1-9H3. The third kappa shape index (κ3) is 7.39. The first-order valence-electron chi connectivity index (χ1n) is 12.7. The summed E-state index contributed by atoms with van der Waals surface area (Å²) in [6, 6.07) is 15.9. The first-order valence-corrected chi connectivity index (χ1v) is 14.8. The minimum Gasteiger partial charge on any atom is -0.496 e. The molecule has 5 nitrogen and oxygen atoms in total. The predicted octanol–water partition coefficient (Wildman–Crippen LogP) is 7.32. The van der Waals surface area contributed by atoms with Gasteiger partial charge in [0.1, 0.15) is 17.2 Å². The highest BCUT2D eigenvalue weighted by Crippen LogP contribution is 2.48. The van der Waals surface area contributed by atoms with Crippen LogP contribution in [0.1, 0.15) is 52.7 Å². The number of halogens is 2. The third-order valence-corrected chi connectivity index (χ3v) is 9.05. The van der Waals surface area contributed by atoms with Gasteiger partial charge in [-0.3, -0.25) is 0 Å². The van der Waals surface area contributed by atoms with Gasteiger partial charge in [0, 0.05) is 51.3 Å². The quantitative estimate of drug-likeness (QED) is 0.182. The Morgan fingerprint density at radius 3 is 1.46 bits per heavy atom. The molecule has 3 rings (SSSR count). The number of benzene rings is 3. The van der Waals surface area contributed by atoms with Crippen molar-refractivity contribution in [3.8, 4) is 17.2 Å². The number of rotatable bonds is 10. The Morgan fingerprint density at radius 2 is 1.08 bits per heavy atom. The molecule has 0 saturated carbocycles. The van der Waals surface area contributed by atoms with Crippen molar-refractivity contribution in [2.24, 2.45) is 0 Å². The molecule has 0 fully saturated rings. The van der Waals surface area contributed by atoms with Gasteiger partial charge in [-0.05, 0) is 49.1 Å². The van der Waals surface area contributed by atoms with E-state index >= 15 is 0 Å². The van der Waals surface area contributed by atoms with E-state index in [1.807, 2.05) is 42.5 Å². The molecule has 0 unspecified atom stereocenters. The van der Waals surface area contributed by atoms with E-state index in [4.69, 9.17) is 46.9 Å². The molecule has 0 bridgehead atoms. The van der Waals surface area contributed by atoms with Crippen LogP contribution >= 0.6 is 31.1 Å². The maximum Gasteiger partial charge on any atom is 0.188 e. The molecule has 0 spiro atoms. The summed E-state index contributed by atoms with van der Waals surface area (Å²) in [5.41, 5.74) is 1.43. The van der Waals surface area contributed by atoms with Crippen molar-refractivity contribution in [1.82, 2.24) is 0 Å². The second-order valence-corrected chi connectivity index (χ2v) is 14.2. The molecule has 3 aromatic rings. The zero-order valence-electron chi connectivity index (χ0n) is 24.3. The molecular formula is C31H39Cl2O5P. The molecule has 212 valence electrons. The zero-order chi connectivity index (χ0) is 29.0. The lowest BCUT2D eigenvalue weighted by atomic mass is 9.86. The highest BCUT2D eigenvalue weighted by Gasteiger charge is 2.34. The van der Waals surface area contributed by atoms with Gasteiger partial charge in [0.05, 0.1) is 7.11 Å². The van der Waals surface area contributed by atoms with E-state index in [0.29, 0.717) is 10.0 Å². The Morgan fingerprint density at radius 1 is 0.641 bits per heavy atom. The van der Waals surface area contributed by atoms with E-state index in [2.05, 4.69) is 47.6 Å². The van der Waals surface area contributed by atoms with Crippen LogP contribution in [0.25, 0.3) is 0 Å². The maximum absolute atomic E-state index is 6.83. The molecular weight excluding hydrogens is 554 g/mol. The van der Waals surface area contributed by atoms with Gasteiger partial charge < -0.3 is 23.7 Å². The molecule has 0 aliphatic carbocycles. The Balaban J connectivity index is 2.54. The fraction of sp³-hybridized carbons (Fsp3) is 0.419. The molecule has 0 aliphatic rings. The molecule has 0 heterocycles. The fourth-order valence-electron chi connectivity index (χ4n) is 4.35. The lowest BCUT2D eigenvalue weighted by Crippen LogP contribution is -2.29. The molecule has 0 aliphatic heterocycles. The van der Waals surface area contributed by atoms with Crippen molar-refractivity contribution < 1.29 is 23.7 Å². The van der Waals surface area contributed by atoms with Gasteiger partial charge in [-0.1, -0.05) is 82.9 Å². The van der Waals surface area contributed by atoms with Crippen LogP contribution in [0.15, 0.2) is 48.5 Å². The number of hydrogen-bond donors (Lipinski definition) is 0. The summed E-state index contributed by atoms with van der Waals surface area (Å²) in [5, 5.41) is 4.02. The van der Waals surface area contributed by atoms with Crippen molar-refractivity contribution in [2.45, 2.75) is 52.4 Å². The average Bonchev–Trinajstić information content (AvgIpc) is 2.86. The minimum atomic E-state index is -1.36. The average molecular weight is 594 g/mol. The SMILES string of the molecule is COCOc1c(P(c2ccccc2OC)c2cc(Cl)cc(C(C)(C)C)c2OCOC)cc(Cl)cc1C(C)(C)C. The number of methoxy groups -OCH3 is 3. The Labute approximate surface area is 244 Å². The largest absolute Gasteiger partial charge is 0.496 e. The number of ether oxygens (including phenoxy) is 5. The molecule has 3 aromatic carbocycles. The summed E-state index contributed by atoms with van der Waals surface area (Å²) < 4.78 is 29.3. The number of para-hydroxylation sites is 1. The molecule has 0 N–H and O–H groups in total. The van der Waals surface area contributed by atoms with Crippen LogP contribution in [0.2, 0.25) is 10.0 Å². The van der Waals surface area contributed by atoms with E-state index in [1.165, 1.54) is 0 Å². The van der Waals surface area contributed by atoms with E-state index in [9.17, 15) is 0 Å². The second kappa shape index (κ2) is 13.1. The van der Waals surface area contributed by atoms with Crippen molar-refractivity contribution in [2.75, 3.05) is 34.9 Å². The Kier molecular flexibility index (Phi) is 10.6. The van der Waals surface area contributed by atoms with E-state index in [-0.39, 0.29) is 24.4 Å². The van der Waals surface area contributed by atoms with E-state index < -0.39 is 7.92 Å². The van der Waals surface area contributed by atoms with Gasteiger partial charge in [-0.2, -0.15) is 0 Å². The molecule has 0 saturated heterocycles. The van der Waals surface area contributed by atoms with Gasteiger partial charge in [0.25, 0.3) is 0 Å². The van der Waals surface area contributed by atoms with Gasteiger partial charge >= 0.3 is 0 Å². The lowest BCUT2D eigenvalue weighted by Gasteiger charge is -2.32. The van der Waals surface area contributed by atoms with Crippen LogP contribution in [-0.4, -0.2) is 34.9 Å². The first-order chi connectivity index (χ1) is 18.3. The Bertz CT molecular complexity index is 1210. The van der Waals surface area contributed by atoms with E-state index in [1.54, 1.807) is 21.3 Å². The molecule has 0 radical (unpaired) electrons. The van der Waals surface area contributed by atoms with Crippen molar-refractivity contribution in [1.29, 1.82) is 0 Å². The zero-order valence-corrected chi connectivity index (χ0v) is 26.7. The second-order valence-electron chi connectivity index (χ2n) is 11.2. The smallest absolute Gasteiger partial charge is 0.188 e. The summed E-state index contributed by atoms with van der Waals surface area (Å²) in [6.45, 7) is 13.0.